The van der Waals surface area contributed by atoms with E-state index >= 15 is 0 Å². The van der Waals surface area contributed by atoms with Crippen molar-refractivity contribution in [2.24, 2.45) is 16.6 Å². The van der Waals surface area contributed by atoms with E-state index in [4.69, 9.17) is 5.73 Å². The van der Waals surface area contributed by atoms with Crippen molar-refractivity contribution in [1.29, 1.82) is 0 Å². The summed E-state index contributed by atoms with van der Waals surface area (Å²) in [5.41, 5.74) is 7.05. The fourth-order valence-corrected chi connectivity index (χ4v) is 3.37. The van der Waals surface area contributed by atoms with Crippen LogP contribution in [0.1, 0.15) is 39.5 Å². The number of likely N-dealkylation sites (tertiary alicyclic amines) is 1. The fraction of sp³-hybridized carbons (Fsp3) is 0.611. The number of nitrogens with two attached hydrogens (primary N) is 1. The predicted molar refractivity (Wildman–Crippen MR) is 111 cm³/mol. The summed E-state index contributed by atoms with van der Waals surface area (Å²) < 4.78 is 0. The number of anilines is 1. The molecule has 0 aromatic heterocycles. The quantitative estimate of drug-likeness (QED) is 0.392. The maximum absolute atomic E-state index is 6.06. The molecule has 1 heterocycles. The second-order valence-electron chi connectivity index (χ2n) is 6.10. The molecule has 0 amide bonds. The maximum Gasteiger partial charge on any atom is 0.193 e. The molecule has 3 N–H and O–H groups in total. The minimum atomic E-state index is 0. The molecule has 1 aromatic rings. The number of benzene rings is 1. The summed E-state index contributed by atoms with van der Waals surface area (Å²) in [6, 6.07) is 10.5. The molecule has 1 saturated heterocycles. The lowest BCUT2D eigenvalue weighted by Gasteiger charge is -2.32. The predicted octanol–water partition coefficient (Wildman–Crippen LogP) is 3.93. The molecule has 23 heavy (non-hydrogen) atoms. The molecule has 5 heteroatoms. The van der Waals surface area contributed by atoms with Crippen LogP contribution in [0, 0.1) is 5.92 Å². The van der Waals surface area contributed by atoms with Gasteiger partial charge in [0.1, 0.15) is 0 Å². The summed E-state index contributed by atoms with van der Waals surface area (Å²) >= 11 is 0. The summed E-state index contributed by atoms with van der Waals surface area (Å²) in [5.74, 6) is 1.22. The van der Waals surface area contributed by atoms with E-state index in [9.17, 15) is 0 Å². The van der Waals surface area contributed by atoms with Crippen LogP contribution in [0.15, 0.2) is 35.3 Å². The molecule has 1 aliphatic rings. The van der Waals surface area contributed by atoms with Gasteiger partial charge in [0.25, 0.3) is 0 Å². The van der Waals surface area contributed by atoms with E-state index in [0.717, 1.165) is 12.2 Å². The minimum Gasteiger partial charge on any atom is -0.370 e. The van der Waals surface area contributed by atoms with Gasteiger partial charge in [-0.15, -0.1) is 24.0 Å². The van der Waals surface area contributed by atoms with Crippen molar-refractivity contribution in [2.75, 3.05) is 25.0 Å². The van der Waals surface area contributed by atoms with Crippen LogP contribution >= 0.6 is 24.0 Å². The van der Waals surface area contributed by atoms with Crippen LogP contribution in [0.4, 0.5) is 5.69 Å². The highest BCUT2D eigenvalue weighted by Crippen LogP contribution is 2.23. The van der Waals surface area contributed by atoms with Crippen LogP contribution in [-0.2, 0) is 0 Å². The first-order chi connectivity index (χ1) is 10.7. The van der Waals surface area contributed by atoms with Crippen molar-refractivity contribution in [3.05, 3.63) is 30.3 Å². The Morgan fingerprint density at radius 2 is 1.78 bits per heavy atom. The number of nitrogens with one attached hydrogen (secondary N) is 1. The number of nitrogens with zero attached hydrogens (tertiary/aromatic N) is 2. The Labute approximate surface area is 157 Å². The molecular weight excluding hydrogens is 399 g/mol. The molecule has 4 nitrogen and oxygen atoms in total. The molecule has 2 rings (SSSR count). The standard InChI is InChI=1S/C18H30N4.HI/c1-3-15(4-2)17(22-12-8-9-13-22)14-20-18(19)21-16-10-6-5-7-11-16;/h5-7,10-11,15,17H,3-4,8-9,12-14H2,1-2H3,(H3,19,20,21);1H. The van der Waals surface area contributed by atoms with Gasteiger partial charge in [-0.1, -0.05) is 44.9 Å². The van der Waals surface area contributed by atoms with E-state index in [1.807, 2.05) is 30.3 Å². The minimum absolute atomic E-state index is 0. The van der Waals surface area contributed by atoms with Gasteiger partial charge in [-0.3, -0.25) is 9.89 Å². The van der Waals surface area contributed by atoms with Crippen LogP contribution in [-0.4, -0.2) is 36.5 Å². The summed E-state index contributed by atoms with van der Waals surface area (Å²) in [6.07, 6.45) is 5.05. The van der Waals surface area contributed by atoms with Gasteiger partial charge in [0.15, 0.2) is 5.96 Å². The number of hydrogen-bond acceptors (Lipinski definition) is 2. The summed E-state index contributed by atoms with van der Waals surface area (Å²) in [5, 5.41) is 3.17. The molecule has 1 aromatic carbocycles. The van der Waals surface area contributed by atoms with E-state index in [1.165, 1.54) is 38.8 Å². The Morgan fingerprint density at radius 1 is 1.17 bits per heavy atom. The van der Waals surface area contributed by atoms with Gasteiger partial charge in [0.2, 0.25) is 0 Å². The average molecular weight is 430 g/mol. The van der Waals surface area contributed by atoms with Crippen LogP contribution in [0.25, 0.3) is 0 Å². The van der Waals surface area contributed by atoms with Crippen molar-refractivity contribution in [2.45, 2.75) is 45.6 Å². The lowest BCUT2D eigenvalue weighted by molar-refractivity contribution is 0.172. The van der Waals surface area contributed by atoms with Crippen molar-refractivity contribution < 1.29 is 0 Å². The number of aliphatic imine (C=N–C) groups is 1. The second-order valence-corrected chi connectivity index (χ2v) is 6.10. The maximum atomic E-state index is 6.06. The molecule has 1 unspecified atom stereocenters. The lowest BCUT2D eigenvalue weighted by atomic mass is 9.93. The summed E-state index contributed by atoms with van der Waals surface area (Å²) in [7, 11) is 0. The zero-order valence-corrected chi connectivity index (χ0v) is 16.7. The lowest BCUT2D eigenvalue weighted by Crippen LogP contribution is -2.41. The highest BCUT2D eigenvalue weighted by molar-refractivity contribution is 14.0. The molecule has 0 saturated carbocycles. The number of halogens is 1. The van der Waals surface area contributed by atoms with Gasteiger partial charge < -0.3 is 11.1 Å². The van der Waals surface area contributed by atoms with Crippen molar-refractivity contribution >= 4 is 35.6 Å². The monoisotopic (exact) mass is 430 g/mol. The molecule has 1 aliphatic heterocycles. The SMILES string of the molecule is CCC(CC)C(CN=C(N)Nc1ccccc1)N1CCCC1.I. The third-order valence-corrected chi connectivity index (χ3v) is 4.70. The van der Waals surface area contributed by atoms with Gasteiger partial charge in [0, 0.05) is 11.7 Å². The number of guanidine groups is 1. The Bertz CT molecular complexity index is 451. The van der Waals surface area contributed by atoms with Crippen LogP contribution in [0.2, 0.25) is 0 Å². The van der Waals surface area contributed by atoms with E-state index in [2.05, 4.69) is 29.1 Å². The van der Waals surface area contributed by atoms with Crippen LogP contribution in [0.5, 0.6) is 0 Å². The molecule has 0 spiro atoms. The third kappa shape index (κ3) is 6.30. The topological polar surface area (TPSA) is 53.6 Å². The first kappa shape index (κ1) is 20.2. The average Bonchev–Trinajstić information content (AvgIpc) is 3.06. The van der Waals surface area contributed by atoms with E-state index < -0.39 is 0 Å². The molecular formula is C18H31IN4. The van der Waals surface area contributed by atoms with Crippen molar-refractivity contribution in [3.8, 4) is 0 Å². The Balaban J connectivity index is 0.00000264. The number of hydrogen-bond donors (Lipinski definition) is 2. The zero-order valence-electron chi connectivity index (χ0n) is 14.4. The van der Waals surface area contributed by atoms with E-state index in [1.54, 1.807) is 0 Å². The number of rotatable bonds is 7. The molecule has 1 atom stereocenters. The van der Waals surface area contributed by atoms with Crippen molar-refractivity contribution in [3.63, 3.8) is 0 Å². The molecule has 0 aliphatic carbocycles. The Morgan fingerprint density at radius 3 is 2.35 bits per heavy atom. The highest BCUT2D eigenvalue weighted by atomic mass is 127. The summed E-state index contributed by atoms with van der Waals surface area (Å²) in [4.78, 5) is 7.23. The van der Waals surface area contributed by atoms with Gasteiger partial charge in [-0.2, -0.15) is 0 Å². The first-order valence-corrected chi connectivity index (χ1v) is 8.60. The van der Waals surface area contributed by atoms with Gasteiger partial charge in [-0.25, -0.2) is 0 Å². The largest absolute Gasteiger partial charge is 0.370 e. The van der Waals surface area contributed by atoms with Gasteiger partial charge >= 0.3 is 0 Å². The smallest absolute Gasteiger partial charge is 0.193 e. The van der Waals surface area contributed by atoms with Crippen LogP contribution < -0.4 is 11.1 Å². The Kier molecular flexibility index (Phi) is 9.55. The van der Waals surface area contributed by atoms with Gasteiger partial charge in [-0.05, 0) is 44.0 Å². The van der Waals surface area contributed by atoms with Crippen molar-refractivity contribution in [1.82, 2.24) is 4.90 Å². The zero-order chi connectivity index (χ0) is 15.8. The number of para-hydroxylation sites is 1. The second kappa shape index (κ2) is 10.9. The highest BCUT2D eigenvalue weighted by Gasteiger charge is 2.27. The fourth-order valence-electron chi connectivity index (χ4n) is 3.37. The molecule has 0 radical (unpaired) electrons. The van der Waals surface area contributed by atoms with E-state index in [0.29, 0.717) is 17.9 Å². The normalized spacial score (nSPS) is 17.1. The molecule has 130 valence electrons. The molecule has 0 bridgehead atoms. The van der Waals surface area contributed by atoms with Crippen LogP contribution in [0.3, 0.4) is 0 Å². The van der Waals surface area contributed by atoms with Gasteiger partial charge in [0.05, 0.1) is 6.54 Å². The summed E-state index contributed by atoms with van der Waals surface area (Å²) in [6.45, 7) is 7.78. The first-order valence-electron chi connectivity index (χ1n) is 8.60. The van der Waals surface area contributed by atoms with E-state index in [-0.39, 0.29) is 24.0 Å². The third-order valence-electron chi connectivity index (χ3n) is 4.70. The Hall–Kier alpha value is -0.820. The molecule has 1 fully saturated rings.